The van der Waals surface area contributed by atoms with Crippen LogP contribution >= 0.6 is 0 Å². The Labute approximate surface area is 117 Å². The molecule has 1 amide bonds. The molecule has 4 N–H and O–H groups in total. The fourth-order valence-corrected chi connectivity index (χ4v) is 1.71. The number of carbonyl (C=O) groups is 1. The number of amides is 1. The first-order valence-corrected chi connectivity index (χ1v) is 6.41. The SMILES string of the molecule is CC(C)c1ncc(N)c(C(=O)NC(C)c2cn[nH]c2)n1. The molecule has 1 atom stereocenters. The molecule has 2 rings (SSSR count). The molecule has 20 heavy (non-hydrogen) atoms. The highest BCUT2D eigenvalue weighted by atomic mass is 16.2. The fraction of sp³-hybridized carbons (Fsp3) is 0.385. The van der Waals surface area contributed by atoms with E-state index >= 15 is 0 Å². The maximum Gasteiger partial charge on any atom is 0.272 e. The highest BCUT2D eigenvalue weighted by Gasteiger charge is 2.17. The van der Waals surface area contributed by atoms with Crippen molar-refractivity contribution in [2.45, 2.75) is 32.7 Å². The van der Waals surface area contributed by atoms with Gasteiger partial charge in [-0.2, -0.15) is 5.10 Å². The second kappa shape index (κ2) is 5.68. The van der Waals surface area contributed by atoms with Crippen LogP contribution in [-0.4, -0.2) is 26.1 Å². The Kier molecular flexibility index (Phi) is 3.97. The summed E-state index contributed by atoms with van der Waals surface area (Å²) in [6.07, 6.45) is 4.86. The van der Waals surface area contributed by atoms with Gasteiger partial charge in [-0.15, -0.1) is 0 Å². The largest absolute Gasteiger partial charge is 0.396 e. The van der Waals surface area contributed by atoms with Crippen LogP contribution in [0.2, 0.25) is 0 Å². The van der Waals surface area contributed by atoms with E-state index in [1.165, 1.54) is 6.20 Å². The zero-order valence-electron chi connectivity index (χ0n) is 11.7. The van der Waals surface area contributed by atoms with Crippen LogP contribution in [0.5, 0.6) is 0 Å². The Balaban J connectivity index is 2.18. The summed E-state index contributed by atoms with van der Waals surface area (Å²) in [6, 6.07) is -0.182. The van der Waals surface area contributed by atoms with Crippen LogP contribution in [-0.2, 0) is 0 Å². The van der Waals surface area contributed by atoms with Crippen LogP contribution in [0.25, 0.3) is 0 Å². The summed E-state index contributed by atoms with van der Waals surface area (Å²) >= 11 is 0. The van der Waals surface area contributed by atoms with E-state index in [4.69, 9.17) is 5.73 Å². The number of aromatic nitrogens is 4. The third-order valence-corrected chi connectivity index (χ3v) is 2.93. The van der Waals surface area contributed by atoms with Gasteiger partial charge in [-0.05, 0) is 6.92 Å². The molecule has 0 aliphatic carbocycles. The minimum atomic E-state index is -0.319. The van der Waals surface area contributed by atoms with Crippen molar-refractivity contribution in [1.29, 1.82) is 0 Å². The highest BCUT2D eigenvalue weighted by Crippen LogP contribution is 2.15. The topological polar surface area (TPSA) is 110 Å². The first-order valence-electron chi connectivity index (χ1n) is 6.41. The normalized spacial score (nSPS) is 12.4. The second-order valence-electron chi connectivity index (χ2n) is 4.91. The molecule has 0 spiro atoms. The van der Waals surface area contributed by atoms with Crippen LogP contribution < -0.4 is 11.1 Å². The average molecular weight is 274 g/mol. The molecule has 2 aromatic rings. The molecular formula is C13H18N6O. The van der Waals surface area contributed by atoms with Gasteiger partial charge in [0.2, 0.25) is 0 Å². The van der Waals surface area contributed by atoms with Gasteiger partial charge in [-0.1, -0.05) is 13.8 Å². The number of nitrogen functional groups attached to an aromatic ring is 1. The van der Waals surface area contributed by atoms with Gasteiger partial charge in [0.15, 0.2) is 5.69 Å². The Morgan fingerprint density at radius 2 is 2.10 bits per heavy atom. The molecule has 0 aromatic carbocycles. The molecule has 2 aromatic heterocycles. The summed E-state index contributed by atoms with van der Waals surface area (Å²) in [5.74, 6) is 0.411. The summed E-state index contributed by atoms with van der Waals surface area (Å²) < 4.78 is 0. The van der Waals surface area contributed by atoms with E-state index in [0.717, 1.165) is 5.56 Å². The van der Waals surface area contributed by atoms with E-state index in [1.54, 1.807) is 12.4 Å². The van der Waals surface area contributed by atoms with Crippen molar-refractivity contribution in [3.05, 3.63) is 35.7 Å². The lowest BCUT2D eigenvalue weighted by atomic mass is 10.1. The third kappa shape index (κ3) is 2.93. The molecule has 0 aliphatic heterocycles. The Morgan fingerprint density at radius 1 is 1.35 bits per heavy atom. The summed E-state index contributed by atoms with van der Waals surface area (Å²) in [5.41, 5.74) is 7.14. The van der Waals surface area contributed by atoms with Crippen molar-refractivity contribution in [2.75, 3.05) is 5.73 Å². The first kappa shape index (κ1) is 14.0. The van der Waals surface area contributed by atoms with Crippen molar-refractivity contribution in [3.8, 4) is 0 Å². The van der Waals surface area contributed by atoms with Gasteiger partial charge in [0, 0.05) is 17.7 Å². The first-order chi connectivity index (χ1) is 9.49. The molecule has 106 valence electrons. The summed E-state index contributed by atoms with van der Waals surface area (Å²) in [7, 11) is 0. The van der Waals surface area contributed by atoms with E-state index in [2.05, 4.69) is 25.5 Å². The number of hydrogen-bond acceptors (Lipinski definition) is 5. The van der Waals surface area contributed by atoms with Crippen molar-refractivity contribution < 1.29 is 4.79 Å². The molecule has 0 aliphatic rings. The Hall–Kier alpha value is -2.44. The third-order valence-electron chi connectivity index (χ3n) is 2.93. The molecule has 7 nitrogen and oxygen atoms in total. The second-order valence-corrected chi connectivity index (χ2v) is 4.91. The molecule has 0 saturated heterocycles. The molecule has 0 radical (unpaired) electrons. The van der Waals surface area contributed by atoms with Crippen molar-refractivity contribution in [1.82, 2.24) is 25.5 Å². The lowest BCUT2D eigenvalue weighted by Gasteiger charge is -2.13. The number of aromatic amines is 1. The predicted octanol–water partition coefficient (Wildman–Crippen LogP) is 1.40. The van der Waals surface area contributed by atoms with E-state index in [9.17, 15) is 4.79 Å². The highest BCUT2D eigenvalue weighted by molar-refractivity contribution is 5.97. The van der Waals surface area contributed by atoms with Gasteiger partial charge in [-0.3, -0.25) is 9.89 Å². The van der Waals surface area contributed by atoms with Crippen LogP contribution in [0.3, 0.4) is 0 Å². The lowest BCUT2D eigenvalue weighted by molar-refractivity contribution is 0.0935. The van der Waals surface area contributed by atoms with Crippen molar-refractivity contribution in [2.24, 2.45) is 0 Å². The zero-order chi connectivity index (χ0) is 14.7. The molecule has 0 fully saturated rings. The van der Waals surface area contributed by atoms with Gasteiger partial charge in [0.1, 0.15) is 5.82 Å². The monoisotopic (exact) mass is 274 g/mol. The molecule has 0 bridgehead atoms. The van der Waals surface area contributed by atoms with Gasteiger partial charge in [0.25, 0.3) is 5.91 Å². The molecule has 1 unspecified atom stereocenters. The molecular weight excluding hydrogens is 256 g/mol. The van der Waals surface area contributed by atoms with E-state index < -0.39 is 0 Å². The number of nitrogens with zero attached hydrogens (tertiary/aromatic N) is 3. The average Bonchev–Trinajstić information content (AvgIpc) is 2.92. The van der Waals surface area contributed by atoms with Crippen LogP contribution in [0.1, 0.15) is 54.6 Å². The van der Waals surface area contributed by atoms with Gasteiger partial charge in [0.05, 0.1) is 24.1 Å². The van der Waals surface area contributed by atoms with Crippen LogP contribution in [0, 0.1) is 0 Å². The van der Waals surface area contributed by atoms with Gasteiger partial charge < -0.3 is 11.1 Å². The van der Waals surface area contributed by atoms with Gasteiger partial charge in [-0.25, -0.2) is 9.97 Å². The number of H-pyrrole nitrogens is 1. The number of nitrogens with one attached hydrogen (secondary N) is 2. The maximum atomic E-state index is 12.2. The predicted molar refractivity (Wildman–Crippen MR) is 75.0 cm³/mol. The van der Waals surface area contributed by atoms with E-state index in [-0.39, 0.29) is 29.2 Å². The number of carbonyl (C=O) groups excluding carboxylic acids is 1. The van der Waals surface area contributed by atoms with Crippen LogP contribution in [0.15, 0.2) is 18.6 Å². The van der Waals surface area contributed by atoms with E-state index in [0.29, 0.717) is 5.82 Å². The molecule has 7 heteroatoms. The number of nitrogens with two attached hydrogens (primary N) is 1. The number of anilines is 1. The quantitative estimate of drug-likeness (QED) is 0.780. The summed E-state index contributed by atoms with van der Waals surface area (Å²) in [4.78, 5) is 20.6. The minimum absolute atomic E-state index is 0.133. The van der Waals surface area contributed by atoms with Crippen molar-refractivity contribution in [3.63, 3.8) is 0 Å². The van der Waals surface area contributed by atoms with Gasteiger partial charge >= 0.3 is 0 Å². The Morgan fingerprint density at radius 3 is 2.70 bits per heavy atom. The van der Waals surface area contributed by atoms with Crippen molar-refractivity contribution >= 4 is 11.6 Å². The fourth-order valence-electron chi connectivity index (χ4n) is 1.71. The summed E-state index contributed by atoms with van der Waals surface area (Å²) in [5, 5.41) is 9.40. The number of rotatable bonds is 4. The Bertz CT molecular complexity index is 593. The molecule has 2 heterocycles. The number of hydrogen-bond donors (Lipinski definition) is 3. The zero-order valence-corrected chi connectivity index (χ0v) is 11.7. The standard InChI is InChI=1S/C13H18N6O/c1-7(2)12-15-6-10(14)11(19-12)13(20)18-8(3)9-4-16-17-5-9/h4-8H,14H2,1-3H3,(H,16,17)(H,18,20). The summed E-state index contributed by atoms with van der Waals surface area (Å²) in [6.45, 7) is 5.78. The smallest absolute Gasteiger partial charge is 0.272 e. The maximum absolute atomic E-state index is 12.2. The van der Waals surface area contributed by atoms with Crippen LogP contribution in [0.4, 0.5) is 5.69 Å². The lowest BCUT2D eigenvalue weighted by Crippen LogP contribution is -2.28. The molecule has 0 saturated carbocycles. The van der Waals surface area contributed by atoms with E-state index in [1.807, 2.05) is 20.8 Å². The minimum Gasteiger partial charge on any atom is -0.396 e.